The minimum absolute atomic E-state index is 0.548. The topological polar surface area (TPSA) is 101 Å². The van der Waals surface area contributed by atoms with E-state index >= 15 is 0 Å². The normalized spacial score (nSPS) is 10.9. The highest BCUT2D eigenvalue weighted by Crippen LogP contribution is 2.37. The molecule has 8 aromatic carbocycles. The van der Waals surface area contributed by atoms with Crippen LogP contribution in [0, 0.1) is 11.3 Å². The number of hydrogen-bond acceptors (Lipinski definition) is 7. The third-order valence-corrected chi connectivity index (χ3v) is 10.6. The van der Waals surface area contributed by atoms with Crippen LogP contribution in [0.25, 0.3) is 102 Å². The summed E-state index contributed by atoms with van der Waals surface area (Å²) in [7, 11) is 0. The van der Waals surface area contributed by atoms with Crippen molar-refractivity contribution >= 4 is 0 Å². The molecule has 0 saturated carbocycles. The Bertz CT molecular complexity index is 3160. The van der Waals surface area contributed by atoms with Gasteiger partial charge in [-0.05, 0) is 63.7 Å². The van der Waals surface area contributed by atoms with E-state index in [9.17, 15) is 5.26 Å². The lowest BCUT2D eigenvalue weighted by molar-refractivity contribution is 1.07. The summed E-state index contributed by atoms with van der Waals surface area (Å²) in [5.41, 5.74) is 11.9. The van der Waals surface area contributed by atoms with E-state index in [1.807, 2.05) is 133 Å². The summed E-state index contributed by atoms with van der Waals surface area (Å²) in [5.74, 6) is 3.45. The van der Waals surface area contributed by atoms with Crippen molar-refractivity contribution in [2.75, 3.05) is 0 Å². The van der Waals surface area contributed by atoms with Gasteiger partial charge < -0.3 is 0 Å². The highest BCUT2D eigenvalue weighted by molar-refractivity contribution is 5.86. The van der Waals surface area contributed by atoms with Crippen molar-refractivity contribution in [1.29, 1.82) is 5.26 Å². The lowest BCUT2D eigenvalue weighted by Gasteiger charge is -2.14. The van der Waals surface area contributed by atoms with Gasteiger partial charge in [0, 0.05) is 33.4 Å². The van der Waals surface area contributed by atoms with E-state index in [0.717, 1.165) is 66.8 Å². The van der Waals surface area contributed by atoms with Crippen LogP contribution in [0.4, 0.5) is 0 Å². The zero-order chi connectivity index (χ0) is 41.7. The predicted molar refractivity (Wildman–Crippen MR) is 247 cm³/mol. The second-order valence-electron chi connectivity index (χ2n) is 14.7. The molecule has 7 heteroatoms. The molecule has 0 saturated heterocycles. The summed E-state index contributed by atoms with van der Waals surface area (Å²) in [5, 5.41) is 9.54. The van der Waals surface area contributed by atoms with Gasteiger partial charge in [-0.3, -0.25) is 0 Å². The van der Waals surface area contributed by atoms with Crippen molar-refractivity contribution in [3.8, 4) is 108 Å². The predicted octanol–water partition coefficient (Wildman–Crippen LogP) is 12.9. The van der Waals surface area contributed by atoms with Gasteiger partial charge in [-0.15, -0.1) is 0 Å². The van der Waals surface area contributed by atoms with E-state index in [-0.39, 0.29) is 0 Å². The Balaban J connectivity index is 1.09. The summed E-state index contributed by atoms with van der Waals surface area (Å²) in [6.07, 6.45) is 0. The largest absolute Gasteiger partial charge is 0.208 e. The molecule has 7 nitrogen and oxygen atoms in total. The van der Waals surface area contributed by atoms with Crippen LogP contribution in [0.2, 0.25) is 0 Å². The summed E-state index contributed by atoms with van der Waals surface area (Å²) in [4.78, 5) is 30.2. The van der Waals surface area contributed by atoms with Crippen LogP contribution in [0.5, 0.6) is 0 Å². The van der Waals surface area contributed by atoms with Crippen LogP contribution < -0.4 is 0 Å². The number of benzene rings is 8. The number of rotatable bonds is 9. The number of nitrogens with zero attached hydrogens (tertiary/aromatic N) is 7. The standard InChI is InChI=1S/C55H35N7/c56-36-37-15-13-24-44(33-37)45-25-14-26-47(34-45)54-59-50(40-18-7-2-8-19-40)57-53(60-54)43-29-27-39(28-30-43)49-35-46(38-16-5-1-6-17-38)31-32-48(49)55-61-51(41-20-9-3-10-21-41)58-52(62-55)42-22-11-4-12-23-42/h1-35H. The van der Waals surface area contributed by atoms with Gasteiger partial charge in [-0.1, -0.05) is 182 Å². The fourth-order valence-corrected chi connectivity index (χ4v) is 7.47. The Morgan fingerprint density at radius 3 is 1.11 bits per heavy atom. The van der Waals surface area contributed by atoms with Crippen LogP contribution in [-0.2, 0) is 0 Å². The fourth-order valence-electron chi connectivity index (χ4n) is 7.47. The van der Waals surface area contributed by atoms with Gasteiger partial charge in [0.15, 0.2) is 34.9 Å². The van der Waals surface area contributed by atoms with Crippen LogP contribution in [0.15, 0.2) is 212 Å². The van der Waals surface area contributed by atoms with Crippen LogP contribution >= 0.6 is 0 Å². The van der Waals surface area contributed by atoms with Crippen molar-refractivity contribution in [2.24, 2.45) is 0 Å². The lowest BCUT2D eigenvalue weighted by Crippen LogP contribution is -2.01. The summed E-state index contributed by atoms with van der Waals surface area (Å²) in [6, 6.07) is 73.1. The number of nitriles is 1. The molecule has 62 heavy (non-hydrogen) atoms. The Hall–Kier alpha value is -8.73. The average Bonchev–Trinajstić information content (AvgIpc) is 3.37. The van der Waals surface area contributed by atoms with Crippen molar-refractivity contribution in [1.82, 2.24) is 29.9 Å². The van der Waals surface area contributed by atoms with E-state index in [2.05, 4.69) is 78.9 Å². The molecular weight excluding hydrogens is 759 g/mol. The molecule has 0 N–H and O–H groups in total. The molecule has 0 amide bonds. The fraction of sp³-hybridized carbons (Fsp3) is 0. The van der Waals surface area contributed by atoms with Crippen molar-refractivity contribution in [2.45, 2.75) is 0 Å². The van der Waals surface area contributed by atoms with Crippen molar-refractivity contribution in [3.63, 3.8) is 0 Å². The minimum atomic E-state index is 0.548. The number of hydrogen-bond donors (Lipinski definition) is 0. The van der Waals surface area contributed by atoms with Gasteiger partial charge in [0.25, 0.3) is 0 Å². The van der Waals surface area contributed by atoms with Crippen LogP contribution in [0.3, 0.4) is 0 Å². The third-order valence-electron chi connectivity index (χ3n) is 10.6. The van der Waals surface area contributed by atoms with E-state index < -0.39 is 0 Å². The van der Waals surface area contributed by atoms with Crippen LogP contribution in [-0.4, -0.2) is 29.9 Å². The smallest absolute Gasteiger partial charge is 0.164 e. The third kappa shape index (κ3) is 7.87. The first-order valence-electron chi connectivity index (χ1n) is 20.3. The molecular formula is C55H35N7. The van der Waals surface area contributed by atoms with Crippen LogP contribution in [0.1, 0.15) is 5.56 Å². The molecule has 10 aromatic rings. The van der Waals surface area contributed by atoms with Gasteiger partial charge in [0.05, 0.1) is 11.6 Å². The lowest BCUT2D eigenvalue weighted by atomic mass is 9.93. The maximum atomic E-state index is 9.54. The summed E-state index contributed by atoms with van der Waals surface area (Å²) in [6.45, 7) is 0. The Morgan fingerprint density at radius 2 is 0.597 bits per heavy atom. The molecule has 0 unspecified atom stereocenters. The van der Waals surface area contributed by atoms with Gasteiger partial charge in [0.1, 0.15) is 0 Å². The second kappa shape index (κ2) is 16.9. The minimum Gasteiger partial charge on any atom is -0.208 e. The molecule has 0 bridgehead atoms. The molecule has 0 aliphatic rings. The highest BCUT2D eigenvalue weighted by atomic mass is 15.0. The molecule has 0 fully saturated rings. The SMILES string of the molecule is N#Cc1cccc(-c2cccc(-c3nc(-c4ccccc4)nc(-c4ccc(-c5cc(-c6ccccc6)ccc5-c5nc(-c6ccccc6)nc(-c6ccccc6)n5)cc4)n3)c2)c1. The first-order chi connectivity index (χ1) is 30.6. The zero-order valence-corrected chi connectivity index (χ0v) is 33.3. The second-order valence-corrected chi connectivity index (χ2v) is 14.7. The first kappa shape index (κ1) is 37.5. The van der Waals surface area contributed by atoms with Crippen molar-refractivity contribution in [3.05, 3.63) is 218 Å². The molecule has 0 aliphatic heterocycles. The molecule has 2 aromatic heterocycles. The quantitative estimate of drug-likeness (QED) is 0.143. The number of aromatic nitrogens is 6. The zero-order valence-electron chi connectivity index (χ0n) is 33.3. The van der Waals surface area contributed by atoms with E-state index in [1.165, 1.54) is 0 Å². The van der Waals surface area contributed by atoms with Crippen molar-refractivity contribution < 1.29 is 0 Å². The maximum Gasteiger partial charge on any atom is 0.164 e. The average molecular weight is 794 g/mol. The molecule has 2 heterocycles. The molecule has 290 valence electrons. The summed E-state index contributed by atoms with van der Waals surface area (Å²) < 4.78 is 0. The van der Waals surface area contributed by atoms with Gasteiger partial charge in [-0.25, -0.2) is 29.9 Å². The molecule has 10 rings (SSSR count). The van der Waals surface area contributed by atoms with E-state index in [4.69, 9.17) is 29.9 Å². The molecule has 0 spiro atoms. The Labute approximate surface area is 359 Å². The first-order valence-corrected chi connectivity index (χ1v) is 20.3. The van der Waals surface area contributed by atoms with E-state index in [0.29, 0.717) is 40.5 Å². The maximum absolute atomic E-state index is 9.54. The van der Waals surface area contributed by atoms with Gasteiger partial charge in [-0.2, -0.15) is 5.26 Å². The molecule has 0 radical (unpaired) electrons. The molecule has 0 atom stereocenters. The monoisotopic (exact) mass is 793 g/mol. The van der Waals surface area contributed by atoms with E-state index in [1.54, 1.807) is 6.07 Å². The van der Waals surface area contributed by atoms with Gasteiger partial charge in [0.2, 0.25) is 0 Å². The summed E-state index contributed by atoms with van der Waals surface area (Å²) >= 11 is 0. The Kier molecular flexibility index (Phi) is 10.2. The van der Waals surface area contributed by atoms with Gasteiger partial charge >= 0.3 is 0 Å². The highest BCUT2D eigenvalue weighted by Gasteiger charge is 2.18. The Morgan fingerprint density at radius 1 is 0.242 bits per heavy atom. The molecule has 0 aliphatic carbocycles.